The van der Waals surface area contributed by atoms with Crippen LogP contribution in [0.25, 0.3) is 10.8 Å². The Morgan fingerprint density at radius 3 is 2.26 bits per heavy atom. The van der Waals surface area contributed by atoms with Gasteiger partial charge in [0.25, 0.3) is 0 Å². The Kier molecular flexibility index (Phi) is 4.68. The monoisotopic (exact) mass is 382 g/mol. The lowest BCUT2D eigenvalue weighted by molar-refractivity contribution is -0.139. The van der Waals surface area contributed by atoms with E-state index in [0.29, 0.717) is 12.0 Å². The van der Waals surface area contributed by atoms with Gasteiger partial charge in [-0.05, 0) is 84.9 Å². The van der Waals surface area contributed by atoms with Gasteiger partial charge in [-0.15, -0.1) is 0 Å². The van der Waals surface area contributed by atoms with Crippen LogP contribution in [0.3, 0.4) is 0 Å². The third-order valence-corrected chi connectivity index (χ3v) is 6.66. The summed E-state index contributed by atoms with van der Waals surface area (Å²) < 4.78 is 67.2. The first-order valence-corrected chi connectivity index (χ1v) is 9.72. The molecule has 0 heterocycles. The summed E-state index contributed by atoms with van der Waals surface area (Å²) in [5, 5.41) is 0.0301. The van der Waals surface area contributed by atoms with Crippen molar-refractivity contribution in [1.29, 1.82) is 0 Å². The molecule has 0 saturated heterocycles. The number of alkyl halides is 3. The topological polar surface area (TPSA) is 0 Å². The maximum atomic E-state index is 14.6. The van der Waals surface area contributed by atoms with Gasteiger partial charge in [0.15, 0.2) is 0 Å². The first kappa shape index (κ1) is 18.7. The number of benzene rings is 2. The predicted molar refractivity (Wildman–Crippen MR) is 95.5 cm³/mol. The first-order chi connectivity index (χ1) is 12.7. The van der Waals surface area contributed by atoms with E-state index in [4.69, 9.17) is 0 Å². The number of hydrogen-bond donors (Lipinski definition) is 0. The second kappa shape index (κ2) is 6.75. The fourth-order valence-electron chi connectivity index (χ4n) is 5.24. The van der Waals surface area contributed by atoms with Gasteiger partial charge >= 0.3 is 6.18 Å². The van der Waals surface area contributed by atoms with E-state index in [2.05, 4.69) is 6.92 Å². The number of hydrogen-bond acceptors (Lipinski definition) is 0. The summed E-state index contributed by atoms with van der Waals surface area (Å²) in [6.07, 6.45) is 1.91. The van der Waals surface area contributed by atoms with Crippen LogP contribution in [0.4, 0.5) is 22.0 Å². The normalized spacial score (nSPS) is 29.0. The Morgan fingerprint density at radius 1 is 0.815 bits per heavy atom. The molecule has 4 rings (SSSR count). The Bertz CT molecular complexity index is 854. The third kappa shape index (κ3) is 3.57. The molecule has 2 fully saturated rings. The SMILES string of the molecule is C[C@@H]1CC[C@@H]2CC(c3cc(F)c4cc(C(F)(F)F)c(F)cc4c3)CCC2C1. The van der Waals surface area contributed by atoms with Gasteiger partial charge in [0, 0.05) is 5.39 Å². The predicted octanol–water partition coefficient (Wildman–Crippen LogP) is 7.46. The van der Waals surface area contributed by atoms with Crippen LogP contribution in [-0.2, 0) is 6.18 Å². The maximum absolute atomic E-state index is 14.6. The summed E-state index contributed by atoms with van der Waals surface area (Å²) in [4.78, 5) is 0. The Balaban J connectivity index is 1.66. The number of rotatable bonds is 1. The molecule has 27 heavy (non-hydrogen) atoms. The quantitative estimate of drug-likeness (QED) is 0.449. The molecule has 2 aromatic carbocycles. The molecule has 146 valence electrons. The van der Waals surface area contributed by atoms with Crippen LogP contribution in [0.1, 0.15) is 62.5 Å². The average molecular weight is 382 g/mol. The minimum Gasteiger partial charge on any atom is -0.206 e. The van der Waals surface area contributed by atoms with Crippen LogP contribution in [0.15, 0.2) is 24.3 Å². The molecule has 0 radical (unpaired) electrons. The van der Waals surface area contributed by atoms with Gasteiger partial charge in [-0.3, -0.25) is 0 Å². The molecule has 4 atom stereocenters. The summed E-state index contributed by atoms with van der Waals surface area (Å²) >= 11 is 0. The summed E-state index contributed by atoms with van der Waals surface area (Å²) in [5.74, 6) is 0.296. The molecule has 2 saturated carbocycles. The fraction of sp³-hybridized carbons (Fsp3) is 0.545. The highest BCUT2D eigenvalue weighted by atomic mass is 19.4. The van der Waals surface area contributed by atoms with E-state index in [9.17, 15) is 22.0 Å². The van der Waals surface area contributed by atoms with E-state index in [-0.39, 0.29) is 16.7 Å². The molecule has 2 aliphatic rings. The van der Waals surface area contributed by atoms with Gasteiger partial charge in [0.1, 0.15) is 11.6 Å². The minimum atomic E-state index is -4.83. The van der Waals surface area contributed by atoms with Crippen molar-refractivity contribution < 1.29 is 22.0 Å². The first-order valence-electron chi connectivity index (χ1n) is 9.72. The van der Waals surface area contributed by atoms with Crippen molar-refractivity contribution in [2.24, 2.45) is 17.8 Å². The van der Waals surface area contributed by atoms with Crippen LogP contribution >= 0.6 is 0 Å². The summed E-state index contributed by atoms with van der Waals surface area (Å²) in [5.41, 5.74) is -0.630. The highest BCUT2D eigenvalue weighted by Crippen LogP contribution is 2.48. The maximum Gasteiger partial charge on any atom is 0.419 e. The van der Waals surface area contributed by atoms with Crippen LogP contribution in [0.5, 0.6) is 0 Å². The summed E-state index contributed by atoms with van der Waals surface area (Å²) in [6.45, 7) is 2.30. The van der Waals surface area contributed by atoms with Crippen molar-refractivity contribution in [3.8, 4) is 0 Å². The Morgan fingerprint density at radius 2 is 1.52 bits per heavy atom. The second-order valence-corrected chi connectivity index (χ2v) is 8.50. The molecular formula is C22H23F5. The minimum absolute atomic E-state index is 0.173. The second-order valence-electron chi connectivity index (χ2n) is 8.50. The molecule has 2 aromatic rings. The van der Waals surface area contributed by atoms with Crippen molar-refractivity contribution in [3.05, 3.63) is 47.0 Å². The van der Waals surface area contributed by atoms with Gasteiger partial charge in [-0.1, -0.05) is 19.4 Å². The Labute approximate surface area is 155 Å². The van der Waals surface area contributed by atoms with E-state index < -0.39 is 23.4 Å². The van der Waals surface area contributed by atoms with Crippen molar-refractivity contribution in [1.82, 2.24) is 0 Å². The van der Waals surface area contributed by atoms with Gasteiger partial charge < -0.3 is 0 Å². The lowest BCUT2D eigenvalue weighted by atomic mass is 9.64. The van der Waals surface area contributed by atoms with Crippen LogP contribution < -0.4 is 0 Å². The highest BCUT2D eigenvalue weighted by molar-refractivity contribution is 5.85. The van der Waals surface area contributed by atoms with Gasteiger partial charge in [0.05, 0.1) is 5.56 Å². The average Bonchev–Trinajstić information content (AvgIpc) is 2.59. The molecule has 0 bridgehead atoms. The van der Waals surface area contributed by atoms with Crippen LogP contribution in [-0.4, -0.2) is 0 Å². The van der Waals surface area contributed by atoms with E-state index in [1.165, 1.54) is 25.3 Å². The van der Waals surface area contributed by atoms with Crippen molar-refractivity contribution >= 4 is 10.8 Å². The van der Waals surface area contributed by atoms with Crippen molar-refractivity contribution in [3.63, 3.8) is 0 Å². The summed E-state index contributed by atoms with van der Waals surface area (Å²) in [7, 11) is 0. The Hall–Kier alpha value is -1.65. The molecule has 0 aromatic heterocycles. The van der Waals surface area contributed by atoms with E-state index in [1.807, 2.05) is 0 Å². The van der Waals surface area contributed by atoms with Crippen molar-refractivity contribution in [2.45, 2.75) is 57.5 Å². The molecule has 0 N–H and O–H groups in total. The highest BCUT2D eigenvalue weighted by Gasteiger charge is 2.36. The zero-order valence-electron chi connectivity index (χ0n) is 15.3. The molecular weight excluding hydrogens is 359 g/mol. The van der Waals surface area contributed by atoms with E-state index >= 15 is 0 Å². The third-order valence-electron chi connectivity index (χ3n) is 6.66. The largest absolute Gasteiger partial charge is 0.419 e. The standard InChI is InChI=1S/C22H23F5/c1-12-2-3-14-7-15(5-4-13(14)6-12)16-8-17-10-21(24)19(22(25,26)27)11-18(17)20(23)9-16/h8-15H,2-7H2,1H3/t12-,13?,14-,15?/m1/s1. The lowest BCUT2D eigenvalue weighted by Gasteiger charge is -2.41. The van der Waals surface area contributed by atoms with Gasteiger partial charge in [0.2, 0.25) is 0 Å². The molecule has 0 nitrogen and oxygen atoms in total. The smallest absolute Gasteiger partial charge is 0.206 e. The molecule has 2 aliphatic carbocycles. The zero-order valence-corrected chi connectivity index (χ0v) is 15.3. The molecule has 5 heteroatoms. The molecule has 0 aliphatic heterocycles. The summed E-state index contributed by atoms with van der Waals surface area (Å²) in [6, 6.07) is 4.44. The van der Waals surface area contributed by atoms with Crippen LogP contribution in [0.2, 0.25) is 0 Å². The van der Waals surface area contributed by atoms with E-state index in [0.717, 1.165) is 42.7 Å². The lowest BCUT2D eigenvalue weighted by Crippen LogP contribution is -2.29. The molecule has 0 spiro atoms. The van der Waals surface area contributed by atoms with Gasteiger partial charge in [-0.2, -0.15) is 13.2 Å². The zero-order chi connectivity index (χ0) is 19.3. The van der Waals surface area contributed by atoms with E-state index in [1.54, 1.807) is 6.07 Å². The number of fused-ring (bicyclic) bond motifs is 2. The van der Waals surface area contributed by atoms with Crippen molar-refractivity contribution in [2.75, 3.05) is 0 Å². The molecule has 2 unspecified atom stereocenters. The fourth-order valence-corrected chi connectivity index (χ4v) is 5.24. The number of halogens is 5. The molecule has 0 amide bonds. The van der Waals surface area contributed by atoms with Crippen LogP contribution in [0, 0.1) is 29.4 Å². The van der Waals surface area contributed by atoms with Gasteiger partial charge in [-0.25, -0.2) is 8.78 Å².